The van der Waals surface area contributed by atoms with Gasteiger partial charge in [0.2, 0.25) is 0 Å². The van der Waals surface area contributed by atoms with E-state index in [0.717, 1.165) is 6.42 Å². The average molecular weight is 516 g/mol. The molecule has 0 spiro atoms. The summed E-state index contributed by atoms with van der Waals surface area (Å²) in [5.74, 6) is 0.0698. The second-order valence-corrected chi connectivity index (χ2v) is 19.1. The molecule has 2 heterocycles. The Morgan fingerprint density at radius 3 is 1.50 bits per heavy atom. The van der Waals surface area contributed by atoms with Crippen molar-refractivity contribution >= 4 is 22.6 Å². The van der Waals surface area contributed by atoms with Gasteiger partial charge in [-0.05, 0) is 91.4 Å². The Kier molecular flexibility index (Phi) is 8.17. The second kappa shape index (κ2) is 9.84. The van der Waals surface area contributed by atoms with E-state index in [2.05, 4.69) is 120 Å². The lowest BCUT2D eigenvalue weighted by atomic mass is 9.45. The summed E-state index contributed by atoms with van der Waals surface area (Å²) in [6, 6.07) is 10.7. The standard InChI is InChI=1S/C28H50B2O5Si/c1-24(2,3)36(12,13)31-20-19-22(21-17-15-14-16-18-21)23(29-32-25(4,5)26(6,7)33-29)30-34-27(8,9)28(10,11)35-30/h14-18,22-23H,19-20H2,1-13H3. The van der Waals surface area contributed by atoms with Gasteiger partial charge in [0, 0.05) is 12.3 Å². The summed E-state index contributed by atoms with van der Waals surface area (Å²) in [5, 5.41) is 0.159. The van der Waals surface area contributed by atoms with E-state index in [4.69, 9.17) is 23.0 Å². The molecule has 36 heavy (non-hydrogen) atoms. The van der Waals surface area contributed by atoms with Crippen LogP contribution in [-0.2, 0) is 23.0 Å². The number of benzene rings is 1. The van der Waals surface area contributed by atoms with E-state index in [1.165, 1.54) is 5.56 Å². The third kappa shape index (κ3) is 5.84. The first-order chi connectivity index (χ1) is 16.2. The van der Waals surface area contributed by atoms with E-state index in [9.17, 15) is 0 Å². The minimum Gasteiger partial charge on any atom is -0.417 e. The van der Waals surface area contributed by atoms with Crippen molar-refractivity contribution in [3.8, 4) is 0 Å². The number of rotatable bonds is 8. The van der Waals surface area contributed by atoms with E-state index in [0.29, 0.717) is 6.61 Å². The molecule has 3 rings (SSSR count). The summed E-state index contributed by atoms with van der Waals surface area (Å²) in [4.78, 5) is 0. The summed E-state index contributed by atoms with van der Waals surface area (Å²) >= 11 is 0. The molecule has 0 radical (unpaired) electrons. The Hall–Kier alpha value is -0.633. The highest BCUT2D eigenvalue weighted by Crippen LogP contribution is 2.50. The van der Waals surface area contributed by atoms with Crippen molar-refractivity contribution in [2.75, 3.05) is 6.61 Å². The fourth-order valence-electron chi connectivity index (χ4n) is 4.54. The molecular formula is C28H50B2O5Si. The van der Waals surface area contributed by atoms with Crippen molar-refractivity contribution in [2.24, 2.45) is 0 Å². The van der Waals surface area contributed by atoms with Crippen LogP contribution in [0.25, 0.3) is 0 Å². The smallest absolute Gasteiger partial charge is 0.417 e. The maximum atomic E-state index is 6.66. The molecule has 0 aliphatic carbocycles. The summed E-state index contributed by atoms with van der Waals surface area (Å²) < 4.78 is 33.3. The molecule has 1 unspecified atom stereocenters. The third-order valence-electron chi connectivity index (χ3n) is 9.56. The summed E-state index contributed by atoms with van der Waals surface area (Å²) in [7, 11) is -2.83. The summed E-state index contributed by atoms with van der Waals surface area (Å²) in [6.45, 7) is 29.0. The Morgan fingerprint density at radius 1 is 0.750 bits per heavy atom. The number of hydrogen-bond donors (Lipinski definition) is 0. The fraction of sp³-hybridized carbons (Fsp3) is 0.786. The van der Waals surface area contributed by atoms with Crippen molar-refractivity contribution < 1.29 is 23.0 Å². The quantitative estimate of drug-likeness (QED) is 0.340. The van der Waals surface area contributed by atoms with Crippen LogP contribution in [0.2, 0.25) is 23.8 Å². The van der Waals surface area contributed by atoms with Crippen LogP contribution in [0.4, 0.5) is 0 Å². The monoisotopic (exact) mass is 516 g/mol. The third-order valence-corrected chi connectivity index (χ3v) is 14.1. The highest BCUT2D eigenvalue weighted by Gasteiger charge is 2.63. The lowest BCUT2D eigenvalue weighted by Gasteiger charge is -2.37. The largest absolute Gasteiger partial charge is 0.459 e. The zero-order valence-electron chi connectivity index (χ0n) is 25.2. The Morgan fingerprint density at radius 2 is 1.14 bits per heavy atom. The maximum Gasteiger partial charge on any atom is 0.459 e. The molecule has 0 saturated carbocycles. The van der Waals surface area contributed by atoms with Crippen LogP contribution in [0.3, 0.4) is 0 Å². The van der Waals surface area contributed by atoms with Gasteiger partial charge in [-0.1, -0.05) is 51.1 Å². The van der Waals surface area contributed by atoms with Crippen LogP contribution in [0.1, 0.15) is 94.1 Å². The molecule has 2 fully saturated rings. The van der Waals surface area contributed by atoms with Crippen LogP contribution in [0.15, 0.2) is 30.3 Å². The SMILES string of the molecule is CC1(C)OB(C(B2OC(C)(C)C(C)(C)O2)C(CCO[Si](C)(C)C(C)(C)C)c2ccccc2)OC1(C)C. The van der Waals surface area contributed by atoms with Crippen LogP contribution in [0, 0.1) is 0 Å². The van der Waals surface area contributed by atoms with Gasteiger partial charge in [-0.2, -0.15) is 0 Å². The van der Waals surface area contributed by atoms with Crippen LogP contribution in [0.5, 0.6) is 0 Å². The van der Waals surface area contributed by atoms with Crippen molar-refractivity contribution in [1.29, 1.82) is 0 Å². The molecule has 5 nitrogen and oxygen atoms in total. The molecule has 0 amide bonds. The molecule has 0 bridgehead atoms. The average Bonchev–Trinajstić information content (AvgIpc) is 3.05. The Bertz CT molecular complexity index is 827. The van der Waals surface area contributed by atoms with Gasteiger partial charge in [-0.15, -0.1) is 0 Å². The molecule has 202 valence electrons. The minimum absolute atomic E-state index is 0.0698. The molecule has 1 aromatic carbocycles. The Balaban J connectivity index is 2.00. The van der Waals surface area contributed by atoms with Crippen molar-refractivity contribution in [3.63, 3.8) is 0 Å². The zero-order valence-corrected chi connectivity index (χ0v) is 26.2. The first-order valence-electron chi connectivity index (χ1n) is 13.6. The van der Waals surface area contributed by atoms with E-state index in [1.807, 2.05) is 0 Å². The molecular weight excluding hydrogens is 466 g/mol. The highest BCUT2D eigenvalue weighted by atomic mass is 28.4. The Labute approximate surface area is 222 Å². The predicted molar refractivity (Wildman–Crippen MR) is 153 cm³/mol. The normalized spacial score (nSPS) is 23.9. The van der Waals surface area contributed by atoms with Crippen molar-refractivity contribution in [3.05, 3.63) is 35.9 Å². The highest BCUT2D eigenvalue weighted by molar-refractivity contribution is 6.74. The molecule has 2 aliphatic heterocycles. The first-order valence-corrected chi connectivity index (χ1v) is 16.5. The molecule has 2 aliphatic rings. The lowest BCUT2D eigenvalue weighted by molar-refractivity contribution is 0.00578. The molecule has 1 atom stereocenters. The van der Waals surface area contributed by atoms with Crippen molar-refractivity contribution in [2.45, 2.75) is 135 Å². The summed E-state index contributed by atoms with van der Waals surface area (Å²) in [5.41, 5.74) is -0.725. The molecule has 1 aromatic rings. The molecule has 0 aromatic heterocycles. The lowest BCUT2D eigenvalue weighted by Crippen LogP contribution is -2.43. The number of hydrogen-bond acceptors (Lipinski definition) is 5. The van der Waals surface area contributed by atoms with Gasteiger partial charge in [0.1, 0.15) is 0 Å². The van der Waals surface area contributed by atoms with Gasteiger partial charge in [0.05, 0.1) is 22.4 Å². The maximum absolute atomic E-state index is 6.66. The van der Waals surface area contributed by atoms with E-state index in [1.54, 1.807) is 0 Å². The molecule has 8 heteroatoms. The first kappa shape index (κ1) is 29.9. The van der Waals surface area contributed by atoms with Crippen LogP contribution >= 0.6 is 0 Å². The van der Waals surface area contributed by atoms with Gasteiger partial charge < -0.3 is 23.0 Å². The van der Waals surface area contributed by atoms with E-state index >= 15 is 0 Å². The fourth-order valence-corrected chi connectivity index (χ4v) is 5.60. The van der Waals surface area contributed by atoms with Crippen molar-refractivity contribution in [1.82, 2.24) is 0 Å². The van der Waals surface area contributed by atoms with Gasteiger partial charge in [0.15, 0.2) is 8.32 Å². The van der Waals surface area contributed by atoms with Gasteiger partial charge in [-0.25, -0.2) is 0 Å². The topological polar surface area (TPSA) is 46.2 Å². The predicted octanol–water partition coefficient (Wildman–Crippen LogP) is 7.28. The molecule has 2 saturated heterocycles. The minimum atomic E-state index is -1.89. The molecule has 0 N–H and O–H groups in total. The summed E-state index contributed by atoms with van der Waals surface area (Å²) in [6.07, 6.45) is 0.829. The van der Waals surface area contributed by atoms with Crippen LogP contribution < -0.4 is 0 Å². The van der Waals surface area contributed by atoms with E-state index in [-0.39, 0.29) is 16.7 Å². The van der Waals surface area contributed by atoms with E-state index < -0.39 is 45.0 Å². The van der Waals surface area contributed by atoms with Gasteiger partial charge in [-0.3, -0.25) is 0 Å². The van der Waals surface area contributed by atoms with Crippen LogP contribution in [-0.4, -0.2) is 51.6 Å². The van der Waals surface area contributed by atoms with Gasteiger partial charge >= 0.3 is 14.2 Å². The zero-order chi connectivity index (χ0) is 27.4. The van der Waals surface area contributed by atoms with Gasteiger partial charge in [0.25, 0.3) is 0 Å². The second-order valence-electron chi connectivity index (χ2n) is 14.2.